The molecular formula is C14H22N2O4S. The van der Waals surface area contributed by atoms with Crippen LogP contribution in [0.1, 0.15) is 12.8 Å². The van der Waals surface area contributed by atoms with Crippen LogP contribution in [0.4, 0.5) is 0 Å². The third kappa shape index (κ3) is 3.00. The van der Waals surface area contributed by atoms with Gasteiger partial charge in [-0.1, -0.05) is 12.2 Å². The standard InChI is InChI=1S/C14H22N2O4S/c1-21(18,19)15-8-14-9-16(6-12(14)7-20-10-14)13(17)11-4-2-3-5-11/h2-3,11-12,15H,4-10H2,1H3/t12-,14+/m0/s1. The highest BCUT2D eigenvalue weighted by molar-refractivity contribution is 7.88. The predicted octanol–water partition coefficient (Wildman–Crippen LogP) is -0.0232. The number of rotatable bonds is 4. The molecule has 0 unspecified atom stereocenters. The summed E-state index contributed by atoms with van der Waals surface area (Å²) in [5.41, 5.74) is -0.259. The Morgan fingerprint density at radius 3 is 2.81 bits per heavy atom. The van der Waals surface area contributed by atoms with Gasteiger partial charge < -0.3 is 9.64 Å². The van der Waals surface area contributed by atoms with Crippen molar-refractivity contribution in [3.05, 3.63) is 12.2 Å². The third-order valence-electron chi connectivity index (χ3n) is 4.88. The van der Waals surface area contributed by atoms with Gasteiger partial charge in [-0.15, -0.1) is 0 Å². The number of nitrogens with one attached hydrogen (secondary N) is 1. The highest BCUT2D eigenvalue weighted by Gasteiger charge is 2.52. The lowest BCUT2D eigenvalue weighted by Crippen LogP contribution is -2.43. The fraction of sp³-hybridized carbons (Fsp3) is 0.786. The maximum Gasteiger partial charge on any atom is 0.226 e. The molecule has 2 atom stereocenters. The molecule has 118 valence electrons. The quantitative estimate of drug-likeness (QED) is 0.740. The van der Waals surface area contributed by atoms with Gasteiger partial charge in [0, 0.05) is 36.9 Å². The number of fused-ring (bicyclic) bond motifs is 1. The Kier molecular flexibility index (Phi) is 3.83. The zero-order valence-corrected chi connectivity index (χ0v) is 13.1. The molecule has 3 rings (SSSR count). The van der Waals surface area contributed by atoms with Crippen LogP contribution in [0.2, 0.25) is 0 Å². The van der Waals surface area contributed by atoms with Gasteiger partial charge in [-0.3, -0.25) is 4.79 Å². The molecule has 0 spiro atoms. The normalized spacial score (nSPS) is 32.8. The molecule has 0 radical (unpaired) electrons. The molecule has 2 saturated heterocycles. The van der Waals surface area contributed by atoms with E-state index in [1.165, 1.54) is 0 Å². The van der Waals surface area contributed by atoms with E-state index in [9.17, 15) is 13.2 Å². The molecule has 0 aromatic carbocycles. The van der Waals surface area contributed by atoms with Crippen LogP contribution in [0.3, 0.4) is 0 Å². The van der Waals surface area contributed by atoms with Crippen molar-refractivity contribution in [2.75, 3.05) is 39.1 Å². The maximum absolute atomic E-state index is 12.5. The van der Waals surface area contributed by atoms with Gasteiger partial charge in [-0.2, -0.15) is 0 Å². The molecule has 6 nitrogen and oxygen atoms in total. The lowest BCUT2D eigenvalue weighted by atomic mass is 9.81. The molecule has 21 heavy (non-hydrogen) atoms. The van der Waals surface area contributed by atoms with Gasteiger partial charge in [-0.05, 0) is 12.8 Å². The molecule has 1 amide bonds. The first-order chi connectivity index (χ1) is 9.90. The second-order valence-electron chi connectivity index (χ2n) is 6.53. The van der Waals surface area contributed by atoms with Gasteiger partial charge in [-0.25, -0.2) is 13.1 Å². The summed E-state index contributed by atoms with van der Waals surface area (Å²) >= 11 is 0. The van der Waals surface area contributed by atoms with Crippen molar-refractivity contribution in [2.24, 2.45) is 17.3 Å². The van der Waals surface area contributed by atoms with Crippen molar-refractivity contribution < 1.29 is 17.9 Å². The summed E-state index contributed by atoms with van der Waals surface area (Å²) in [5.74, 6) is 0.503. The average molecular weight is 314 g/mol. The van der Waals surface area contributed by atoms with Crippen molar-refractivity contribution >= 4 is 15.9 Å². The lowest BCUT2D eigenvalue weighted by molar-refractivity contribution is -0.134. The summed E-state index contributed by atoms with van der Waals surface area (Å²) in [6, 6.07) is 0. The largest absolute Gasteiger partial charge is 0.380 e. The molecule has 0 aromatic heterocycles. The fourth-order valence-corrected chi connectivity index (χ4v) is 4.15. The number of hydrogen-bond donors (Lipinski definition) is 1. The molecule has 1 aliphatic carbocycles. The first-order valence-corrected chi connectivity index (χ1v) is 9.25. The SMILES string of the molecule is CS(=O)(=O)NC[C@@]12COC[C@@H]1CN(C(=O)C1CC=CC1)C2. The number of sulfonamides is 1. The minimum absolute atomic E-state index is 0.0738. The van der Waals surface area contributed by atoms with Crippen molar-refractivity contribution in [3.8, 4) is 0 Å². The molecule has 0 aromatic rings. The van der Waals surface area contributed by atoms with Crippen molar-refractivity contribution in [1.29, 1.82) is 0 Å². The van der Waals surface area contributed by atoms with Gasteiger partial charge in [0.05, 0.1) is 19.5 Å². The van der Waals surface area contributed by atoms with E-state index in [0.717, 1.165) is 19.1 Å². The molecule has 2 fully saturated rings. The monoisotopic (exact) mass is 314 g/mol. The Bertz CT molecular complexity index is 551. The highest BCUT2D eigenvalue weighted by Crippen LogP contribution is 2.41. The van der Waals surface area contributed by atoms with E-state index in [4.69, 9.17) is 4.74 Å². The summed E-state index contributed by atoms with van der Waals surface area (Å²) in [5, 5.41) is 0. The topological polar surface area (TPSA) is 75.7 Å². The Hall–Kier alpha value is -0.920. The highest BCUT2D eigenvalue weighted by atomic mass is 32.2. The number of ether oxygens (including phenoxy) is 1. The molecule has 0 saturated carbocycles. The summed E-state index contributed by atoms with van der Waals surface area (Å²) in [7, 11) is -3.23. The number of likely N-dealkylation sites (tertiary alicyclic amines) is 1. The lowest BCUT2D eigenvalue weighted by Gasteiger charge is -2.27. The first kappa shape index (κ1) is 15.0. The van der Waals surface area contributed by atoms with E-state index >= 15 is 0 Å². The number of carbonyl (C=O) groups is 1. The molecule has 2 aliphatic heterocycles. The molecule has 1 N–H and O–H groups in total. The van der Waals surface area contributed by atoms with Crippen molar-refractivity contribution in [1.82, 2.24) is 9.62 Å². The summed E-state index contributed by atoms with van der Waals surface area (Å²) < 4.78 is 30.9. The van der Waals surface area contributed by atoms with Crippen LogP contribution in [-0.2, 0) is 19.6 Å². The minimum Gasteiger partial charge on any atom is -0.380 e. The second-order valence-corrected chi connectivity index (χ2v) is 8.36. The number of amides is 1. The van der Waals surface area contributed by atoms with Crippen LogP contribution in [0.15, 0.2) is 12.2 Å². The molecule has 3 aliphatic rings. The number of carbonyl (C=O) groups excluding carboxylic acids is 1. The maximum atomic E-state index is 12.5. The molecular weight excluding hydrogens is 292 g/mol. The van der Waals surface area contributed by atoms with E-state index in [1.807, 2.05) is 4.90 Å². The van der Waals surface area contributed by atoms with Crippen LogP contribution in [0.25, 0.3) is 0 Å². The van der Waals surface area contributed by atoms with Crippen LogP contribution < -0.4 is 4.72 Å². The number of nitrogens with zero attached hydrogens (tertiary/aromatic N) is 1. The van der Waals surface area contributed by atoms with Crippen LogP contribution in [-0.4, -0.2) is 58.3 Å². The Labute approximate surface area is 125 Å². The second kappa shape index (κ2) is 5.37. The Morgan fingerprint density at radius 2 is 2.14 bits per heavy atom. The van der Waals surface area contributed by atoms with Gasteiger partial charge in [0.15, 0.2) is 0 Å². The van der Waals surface area contributed by atoms with Crippen LogP contribution >= 0.6 is 0 Å². The molecule has 7 heteroatoms. The van der Waals surface area contributed by atoms with Crippen LogP contribution in [0, 0.1) is 17.3 Å². The number of allylic oxidation sites excluding steroid dienone is 2. The van der Waals surface area contributed by atoms with Crippen LogP contribution in [0.5, 0.6) is 0 Å². The van der Waals surface area contributed by atoms with Gasteiger partial charge in [0.1, 0.15) is 0 Å². The fourth-order valence-electron chi connectivity index (χ4n) is 3.60. The molecule has 0 bridgehead atoms. The van der Waals surface area contributed by atoms with Crippen molar-refractivity contribution in [3.63, 3.8) is 0 Å². The van der Waals surface area contributed by atoms with E-state index in [2.05, 4.69) is 16.9 Å². The van der Waals surface area contributed by atoms with Gasteiger partial charge in [0.25, 0.3) is 0 Å². The summed E-state index contributed by atoms with van der Waals surface area (Å²) in [4.78, 5) is 14.4. The first-order valence-electron chi connectivity index (χ1n) is 7.36. The Morgan fingerprint density at radius 1 is 1.43 bits per heavy atom. The number of hydrogen-bond acceptors (Lipinski definition) is 4. The van der Waals surface area contributed by atoms with E-state index < -0.39 is 10.0 Å². The van der Waals surface area contributed by atoms with E-state index in [1.54, 1.807) is 0 Å². The van der Waals surface area contributed by atoms with E-state index in [-0.39, 0.29) is 23.2 Å². The zero-order valence-electron chi connectivity index (χ0n) is 12.2. The Balaban J connectivity index is 1.68. The van der Waals surface area contributed by atoms with Gasteiger partial charge >= 0.3 is 0 Å². The summed E-state index contributed by atoms with van der Waals surface area (Å²) in [6.07, 6.45) is 6.93. The van der Waals surface area contributed by atoms with E-state index in [0.29, 0.717) is 32.8 Å². The zero-order chi connectivity index (χ0) is 15.1. The third-order valence-corrected chi connectivity index (χ3v) is 5.55. The van der Waals surface area contributed by atoms with Crippen molar-refractivity contribution in [2.45, 2.75) is 12.8 Å². The predicted molar refractivity (Wildman–Crippen MR) is 78.0 cm³/mol. The minimum atomic E-state index is -3.23. The smallest absolute Gasteiger partial charge is 0.226 e. The molecule has 2 heterocycles. The van der Waals surface area contributed by atoms with Gasteiger partial charge in [0.2, 0.25) is 15.9 Å². The average Bonchev–Trinajstić information content (AvgIpc) is 3.10. The summed E-state index contributed by atoms with van der Waals surface area (Å²) in [6.45, 7) is 2.75.